The number of carbonyl (C=O) groups is 1. The second-order valence-corrected chi connectivity index (χ2v) is 7.40. The minimum atomic E-state index is -0.0377. The van der Waals surface area contributed by atoms with Crippen LogP contribution in [-0.2, 0) is 11.2 Å². The molecule has 1 aliphatic heterocycles. The molecule has 0 saturated heterocycles. The van der Waals surface area contributed by atoms with Crippen molar-refractivity contribution in [2.45, 2.75) is 19.4 Å². The van der Waals surface area contributed by atoms with Crippen LogP contribution in [0.1, 0.15) is 12.6 Å². The maximum Gasteiger partial charge on any atom is 0.228 e. The number of aromatic nitrogens is 2. The summed E-state index contributed by atoms with van der Waals surface area (Å²) in [4.78, 5) is 22.0. The van der Waals surface area contributed by atoms with Crippen molar-refractivity contribution in [2.75, 3.05) is 31.6 Å². The molecule has 0 fully saturated rings. The van der Waals surface area contributed by atoms with Crippen molar-refractivity contribution < 1.29 is 9.53 Å². The first-order chi connectivity index (χ1) is 12.6. The van der Waals surface area contributed by atoms with Crippen molar-refractivity contribution in [1.82, 2.24) is 14.3 Å². The van der Waals surface area contributed by atoms with Crippen molar-refractivity contribution in [3.8, 4) is 5.75 Å². The topological polar surface area (TPSA) is 50.1 Å². The van der Waals surface area contributed by atoms with Crippen LogP contribution in [0.15, 0.2) is 42.0 Å². The molecule has 2 aromatic heterocycles. The average Bonchev–Trinajstić information content (AvgIpc) is 3.22. The Morgan fingerprint density at radius 2 is 2.27 bits per heavy atom. The number of ether oxygens (including phenoxy) is 1. The molecule has 0 spiro atoms. The Morgan fingerprint density at radius 3 is 3.08 bits per heavy atom. The van der Waals surface area contributed by atoms with Crippen LogP contribution in [0.5, 0.6) is 5.75 Å². The van der Waals surface area contributed by atoms with Gasteiger partial charge >= 0.3 is 0 Å². The number of imidazole rings is 1. The smallest absolute Gasteiger partial charge is 0.228 e. The number of hydrogen-bond donors (Lipinski definition) is 0. The molecule has 7 heteroatoms. The second-order valence-electron chi connectivity index (χ2n) is 6.52. The van der Waals surface area contributed by atoms with Gasteiger partial charge in [-0.25, -0.2) is 4.98 Å². The number of rotatable bonds is 5. The van der Waals surface area contributed by atoms with Crippen LogP contribution in [0.4, 0.5) is 5.69 Å². The van der Waals surface area contributed by atoms with Crippen LogP contribution < -0.4 is 9.64 Å². The number of benzene rings is 1. The van der Waals surface area contributed by atoms with Crippen LogP contribution in [-0.4, -0.2) is 53.0 Å². The Bertz CT molecular complexity index is 891. The van der Waals surface area contributed by atoms with Crippen LogP contribution in [0.2, 0.25) is 0 Å². The van der Waals surface area contributed by atoms with E-state index in [-0.39, 0.29) is 12.0 Å². The Kier molecular flexibility index (Phi) is 4.55. The zero-order valence-electron chi connectivity index (χ0n) is 15.0. The standard InChI is InChI=1S/C19H22N4O2S/c1-3-22-13-15(25-17-7-5-4-6-16(17)22)12-21(2)18(24)10-14-11-23-8-9-26-19(23)20-14/h4-9,11,15H,3,10,12-13H2,1-2H3/t15-/m0/s1. The van der Waals surface area contributed by atoms with Crippen LogP contribution in [0.3, 0.4) is 0 Å². The van der Waals surface area contributed by atoms with E-state index < -0.39 is 0 Å². The van der Waals surface area contributed by atoms with Gasteiger partial charge in [0.1, 0.15) is 11.9 Å². The molecule has 3 heterocycles. The predicted molar refractivity (Wildman–Crippen MR) is 103 cm³/mol. The number of fused-ring (bicyclic) bond motifs is 2. The van der Waals surface area contributed by atoms with Crippen molar-refractivity contribution in [3.63, 3.8) is 0 Å². The number of carbonyl (C=O) groups excluding carboxylic acids is 1. The molecule has 0 radical (unpaired) electrons. The summed E-state index contributed by atoms with van der Waals surface area (Å²) in [7, 11) is 1.83. The fourth-order valence-electron chi connectivity index (χ4n) is 3.33. The zero-order valence-corrected chi connectivity index (χ0v) is 15.8. The highest BCUT2D eigenvalue weighted by molar-refractivity contribution is 7.15. The van der Waals surface area contributed by atoms with Crippen LogP contribution in [0, 0.1) is 0 Å². The predicted octanol–water partition coefficient (Wildman–Crippen LogP) is 2.68. The number of nitrogens with zero attached hydrogens (tertiary/aromatic N) is 4. The van der Waals surface area contributed by atoms with E-state index in [2.05, 4.69) is 22.9 Å². The van der Waals surface area contributed by atoms with E-state index >= 15 is 0 Å². The summed E-state index contributed by atoms with van der Waals surface area (Å²) in [5.41, 5.74) is 1.93. The third-order valence-electron chi connectivity index (χ3n) is 4.68. The lowest BCUT2D eigenvalue weighted by molar-refractivity contribution is -0.130. The molecule has 0 N–H and O–H groups in total. The Labute approximate surface area is 156 Å². The van der Waals surface area contributed by atoms with E-state index in [9.17, 15) is 4.79 Å². The average molecular weight is 370 g/mol. The highest BCUT2D eigenvalue weighted by atomic mass is 32.1. The van der Waals surface area contributed by atoms with Gasteiger partial charge in [-0.2, -0.15) is 0 Å². The quantitative estimate of drug-likeness (QED) is 0.693. The van der Waals surface area contributed by atoms with Gasteiger partial charge in [-0.3, -0.25) is 9.20 Å². The summed E-state index contributed by atoms with van der Waals surface area (Å²) in [5.74, 6) is 0.946. The van der Waals surface area contributed by atoms with E-state index in [1.165, 1.54) is 0 Å². The highest BCUT2D eigenvalue weighted by Gasteiger charge is 2.26. The maximum atomic E-state index is 12.6. The minimum Gasteiger partial charge on any atom is -0.485 e. The van der Waals surface area contributed by atoms with Crippen LogP contribution in [0.25, 0.3) is 4.96 Å². The minimum absolute atomic E-state index is 0.0377. The fraction of sp³-hybridized carbons (Fsp3) is 0.368. The van der Waals surface area contributed by atoms with Gasteiger partial charge in [-0.15, -0.1) is 11.3 Å². The van der Waals surface area contributed by atoms with Gasteiger partial charge < -0.3 is 14.5 Å². The molecule has 26 heavy (non-hydrogen) atoms. The second kappa shape index (κ2) is 6.99. The lowest BCUT2D eigenvalue weighted by Gasteiger charge is -2.37. The Balaban J connectivity index is 1.40. The van der Waals surface area contributed by atoms with Gasteiger partial charge in [0.05, 0.1) is 30.9 Å². The zero-order chi connectivity index (χ0) is 18.1. The largest absolute Gasteiger partial charge is 0.485 e. The first-order valence-electron chi connectivity index (χ1n) is 8.79. The van der Waals surface area contributed by atoms with Crippen LogP contribution >= 0.6 is 11.3 Å². The molecule has 136 valence electrons. The van der Waals surface area contributed by atoms with Gasteiger partial charge in [-0.05, 0) is 19.1 Å². The number of anilines is 1. The van der Waals surface area contributed by atoms with Gasteiger partial charge in [0.2, 0.25) is 5.91 Å². The molecule has 1 aliphatic rings. The number of thiazole rings is 1. The maximum absolute atomic E-state index is 12.6. The fourth-order valence-corrected chi connectivity index (χ4v) is 4.05. The first kappa shape index (κ1) is 16.9. The normalized spacial score (nSPS) is 16.4. The van der Waals surface area contributed by atoms with Crippen molar-refractivity contribution in [1.29, 1.82) is 0 Å². The van der Waals surface area contributed by atoms with Gasteiger partial charge in [0.25, 0.3) is 0 Å². The number of hydrogen-bond acceptors (Lipinski definition) is 5. The van der Waals surface area contributed by atoms with Crippen molar-refractivity contribution in [2.24, 2.45) is 0 Å². The third kappa shape index (κ3) is 3.26. The summed E-state index contributed by atoms with van der Waals surface area (Å²) >= 11 is 1.57. The van der Waals surface area contributed by atoms with Crippen molar-refractivity contribution in [3.05, 3.63) is 47.7 Å². The lowest BCUT2D eigenvalue weighted by atomic mass is 10.1. The molecule has 0 aliphatic carbocycles. The van der Waals surface area contributed by atoms with Gasteiger partial charge in [0, 0.05) is 31.4 Å². The third-order valence-corrected chi connectivity index (χ3v) is 5.45. The molecule has 1 atom stereocenters. The lowest BCUT2D eigenvalue weighted by Crippen LogP contribution is -2.47. The molecule has 0 saturated carbocycles. The molecule has 6 nitrogen and oxygen atoms in total. The molecule has 0 bridgehead atoms. The number of para-hydroxylation sites is 2. The van der Waals surface area contributed by atoms with Crippen molar-refractivity contribution >= 4 is 27.9 Å². The Hall–Kier alpha value is -2.54. The van der Waals surface area contributed by atoms with Gasteiger partial charge in [-0.1, -0.05) is 12.1 Å². The molecule has 0 unspecified atom stereocenters. The van der Waals surface area contributed by atoms with E-state index in [0.29, 0.717) is 13.0 Å². The summed E-state index contributed by atoms with van der Waals surface area (Å²) in [6.07, 6.45) is 4.15. The van der Waals surface area contributed by atoms with E-state index in [1.54, 1.807) is 16.2 Å². The molecular weight excluding hydrogens is 348 g/mol. The number of amides is 1. The summed E-state index contributed by atoms with van der Waals surface area (Å²) < 4.78 is 8.07. The molecular formula is C19H22N4O2S. The monoisotopic (exact) mass is 370 g/mol. The summed E-state index contributed by atoms with van der Waals surface area (Å²) in [6, 6.07) is 8.07. The SMILES string of the molecule is CCN1C[C@H](CN(C)C(=O)Cc2cn3ccsc3n2)Oc2ccccc21. The summed E-state index contributed by atoms with van der Waals surface area (Å²) in [6.45, 7) is 4.40. The van der Waals surface area contributed by atoms with E-state index in [0.717, 1.165) is 35.2 Å². The first-order valence-corrected chi connectivity index (χ1v) is 9.67. The Morgan fingerprint density at radius 1 is 1.42 bits per heavy atom. The molecule has 3 aromatic rings. The molecule has 1 aromatic carbocycles. The summed E-state index contributed by atoms with van der Waals surface area (Å²) in [5, 5.41) is 1.98. The molecule has 1 amide bonds. The highest BCUT2D eigenvalue weighted by Crippen LogP contribution is 2.32. The van der Waals surface area contributed by atoms with E-state index in [4.69, 9.17) is 4.74 Å². The van der Waals surface area contributed by atoms with E-state index in [1.807, 2.05) is 47.4 Å². The number of likely N-dealkylation sites (N-methyl/N-ethyl adjacent to an activating group) is 2. The molecule has 4 rings (SSSR count). The van der Waals surface area contributed by atoms with Gasteiger partial charge in [0.15, 0.2) is 4.96 Å².